The molecular weight excluding hydrogens is 332 g/mol. The van der Waals surface area contributed by atoms with Gasteiger partial charge in [0.1, 0.15) is 16.5 Å². The number of hydrogen-bond donors (Lipinski definition) is 1. The molecule has 102 valence electrons. The molecule has 18 heavy (non-hydrogen) atoms. The number of aliphatic hydroxyl groups excluding tert-OH is 1. The molecule has 4 nitrogen and oxygen atoms in total. The van der Waals surface area contributed by atoms with Crippen LogP contribution in [0.5, 0.6) is 0 Å². The predicted molar refractivity (Wildman–Crippen MR) is 65.6 cm³/mol. The van der Waals surface area contributed by atoms with Crippen LogP contribution >= 0.6 is 15.9 Å². The lowest BCUT2D eigenvalue weighted by Crippen LogP contribution is -2.33. The molecule has 1 rings (SSSR count). The second-order valence-electron chi connectivity index (χ2n) is 3.83. The molecule has 1 N–H and O–H groups in total. The average Bonchev–Trinajstić information content (AvgIpc) is 2.22. The molecular formula is C10H12BrF2NO3S. The highest BCUT2D eigenvalue weighted by Crippen LogP contribution is 2.25. The number of rotatable bonds is 4. The highest BCUT2D eigenvalue weighted by Gasteiger charge is 2.26. The largest absolute Gasteiger partial charge is 0.392 e. The van der Waals surface area contributed by atoms with E-state index in [0.29, 0.717) is 6.07 Å². The van der Waals surface area contributed by atoms with Crippen LogP contribution in [0.15, 0.2) is 21.5 Å². The molecule has 0 fully saturated rings. The summed E-state index contributed by atoms with van der Waals surface area (Å²) < 4.78 is 51.3. The van der Waals surface area contributed by atoms with E-state index in [1.165, 1.54) is 14.0 Å². The van der Waals surface area contributed by atoms with Gasteiger partial charge < -0.3 is 5.11 Å². The van der Waals surface area contributed by atoms with Gasteiger partial charge in [-0.2, -0.15) is 4.31 Å². The molecule has 1 aromatic carbocycles. The topological polar surface area (TPSA) is 57.6 Å². The third-order valence-electron chi connectivity index (χ3n) is 2.18. The molecule has 0 amide bonds. The molecule has 0 radical (unpaired) electrons. The number of likely N-dealkylation sites (N-methyl/N-ethyl adjacent to an activating group) is 1. The summed E-state index contributed by atoms with van der Waals surface area (Å²) in [6.07, 6.45) is -0.909. The van der Waals surface area contributed by atoms with Crippen LogP contribution in [0.3, 0.4) is 0 Å². The van der Waals surface area contributed by atoms with E-state index in [0.717, 1.165) is 10.4 Å². The summed E-state index contributed by atoms with van der Waals surface area (Å²) in [4.78, 5) is -0.758. The van der Waals surface area contributed by atoms with E-state index in [2.05, 4.69) is 15.9 Å². The van der Waals surface area contributed by atoms with Crippen LogP contribution in [-0.4, -0.2) is 37.5 Å². The minimum absolute atomic E-state index is 0.155. The van der Waals surface area contributed by atoms with Crippen molar-refractivity contribution in [1.29, 1.82) is 0 Å². The first-order chi connectivity index (χ1) is 8.16. The van der Waals surface area contributed by atoms with Crippen molar-refractivity contribution in [3.8, 4) is 0 Å². The number of halogens is 3. The van der Waals surface area contributed by atoms with Gasteiger partial charge in [0.2, 0.25) is 10.0 Å². The van der Waals surface area contributed by atoms with E-state index in [4.69, 9.17) is 5.11 Å². The Morgan fingerprint density at radius 2 is 1.94 bits per heavy atom. The maximum absolute atomic E-state index is 13.6. The number of nitrogens with zero attached hydrogens (tertiary/aromatic N) is 1. The van der Waals surface area contributed by atoms with Crippen molar-refractivity contribution in [2.24, 2.45) is 0 Å². The Morgan fingerprint density at radius 1 is 1.39 bits per heavy atom. The summed E-state index contributed by atoms with van der Waals surface area (Å²) in [7, 11) is -2.98. The van der Waals surface area contributed by atoms with E-state index in [9.17, 15) is 17.2 Å². The van der Waals surface area contributed by atoms with Crippen LogP contribution in [0.1, 0.15) is 6.92 Å². The Labute approximate surface area is 112 Å². The van der Waals surface area contributed by atoms with Crippen molar-refractivity contribution < 1.29 is 22.3 Å². The minimum atomic E-state index is -4.17. The third-order valence-corrected chi connectivity index (χ3v) is 4.63. The fourth-order valence-corrected chi connectivity index (χ4v) is 2.96. The maximum atomic E-state index is 13.6. The summed E-state index contributed by atoms with van der Waals surface area (Å²) in [6, 6.07) is 1.35. The predicted octanol–water partition coefficient (Wildman–Crippen LogP) is 1.73. The molecule has 0 aromatic heterocycles. The lowest BCUT2D eigenvalue weighted by atomic mass is 10.3. The number of aliphatic hydroxyl groups is 1. The second kappa shape index (κ2) is 5.60. The summed E-state index contributed by atoms with van der Waals surface area (Å²) in [5.41, 5.74) is 0. The molecule has 0 aliphatic heterocycles. The van der Waals surface area contributed by atoms with Gasteiger partial charge in [-0.05, 0) is 35.0 Å². The van der Waals surface area contributed by atoms with Gasteiger partial charge in [-0.25, -0.2) is 17.2 Å². The lowest BCUT2D eigenvalue weighted by Gasteiger charge is -2.19. The Morgan fingerprint density at radius 3 is 2.44 bits per heavy atom. The fourth-order valence-electron chi connectivity index (χ4n) is 1.34. The molecule has 0 aliphatic rings. The third kappa shape index (κ3) is 3.25. The van der Waals surface area contributed by atoms with Crippen LogP contribution in [0.25, 0.3) is 0 Å². The zero-order chi connectivity index (χ0) is 14.1. The zero-order valence-corrected chi connectivity index (χ0v) is 12.1. The number of sulfonamides is 1. The van der Waals surface area contributed by atoms with Gasteiger partial charge in [0.25, 0.3) is 0 Å². The van der Waals surface area contributed by atoms with Gasteiger partial charge >= 0.3 is 0 Å². The van der Waals surface area contributed by atoms with Crippen molar-refractivity contribution in [2.45, 2.75) is 17.9 Å². The van der Waals surface area contributed by atoms with Gasteiger partial charge in [0, 0.05) is 13.6 Å². The molecule has 1 atom stereocenters. The van der Waals surface area contributed by atoms with Crippen LogP contribution < -0.4 is 0 Å². The van der Waals surface area contributed by atoms with Crippen molar-refractivity contribution in [3.05, 3.63) is 28.2 Å². The standard InChI is InChI=1S/C10H12BrF2NO3S/c1-6(15)5-14(2)18(16,17)10-4-8(12)7(11)3-9(10)13/h3-4,6,15H,5H2,1-2H3/t6-/m1/s1. The molecule has 0 unspecified atom stereocenters. The smallest absolute Gasteiger partial charge is 0.245 e. The van der Waals surface area contributed by atoms with Gasteiger partial charge in [0.05, 0.1) is 10.6 Å². The highest BCUT2D eigenvalue weighted by atomic mass is 79.9. The number of hydrogen-bond acceptors (Lipinski definition) is 3. The molecule has 0 saturated heterocycles. The van der Waals surface area contributed by atoms with E-state index < -0.39 is 32.7 Å². The molecule has 0 spiro atoms. The normalized spacial score (nSPS) is 13.9. The SMILES string of the molecule is C[C@@H](O)CN(C)S(=O)(=O)c1cc(F)c(Br)cc1F. The molecule has 8 heteroatoms. The van der Waals surface area contributed by atoms with Crippen LogP contribution in [0, 0.1) is 11.6 Å². The van der Waals surface area contributed by atoms with Crippen molar-refractivity contribution in [2.75, 3.05) is 13.6 Å². The highest BCUT2D eigenvalue weighted by molar-refractivity contribution is 9.10. The molecule has 0 heterocycles. The van der Waals surface area contributed by atoms with Crippen LogP contribution in [0.4, 0.5) is 8.78 Å². The Balaban J connectivity index is 3.24. The fraction of sp³-hybridized carbons (Fsp3) is 0.400. The molecule has 0 bridgehead atoms. The second-order valence-corrected chi connectivity index (χ2v) is 6.70. The van der Waals surface area contributed by atoms with E-state index in [1.807, 2.05) is 0 Å². The van der Waals surface area contributed by atoms with Gasteiger partial charge in [-0.1, -0.05) is 0 Å². The first kappa shape index (κ1) is 15.5. The Hall–Kier alpha value is -0.570. The number of benzene rings is 1. The summed E-state index contributed by atoms with van der Waals surface area (Å²) in [5, 5.41) is 9.12. The molecule has 0 aliphatic carbocycles. The van der Waals surface area contributed by atoms with Crippen LogP contribution in [0.2, 0.25) is 0 Å². The molecule has 1 aromatic rings. The van der Waals surface area contributed by atoms with Gasteiger partial charge in [-0.15, -0.1) is 0 Å². The first-order valence-corrected chi connectivity index (χ1v) is 7.18. The molecule has 0 saturated carbocycles. The van der Waals surface area contributed by atoms with E-state index in [1.54, 1.807) is 0 Å². The van der Waals surface area contributed by atoms with Crippen LogP contribution in [-0.2, 0) is 10.0 Å². The summed E-state index contributed by atoms with van der Waals surface area (Å²) >= 11 is 2.76. The van der Waals surface area contributed by atoms with Crippen molar-refractivity contribution in [1.82, 2.24) is 4.31 Å². The monoisotopic (exact) mass is 343 g/mol. The summed E-state index contributed by atoms with van der Waals surface area (Å²) in [5.74, 6) is -1.93. The van der Waals surface area contributed by atoms with Gasteiger partial charge in [0.15, 0.2) is 0 Å². The van der Waals surface area contributed by atoms with E-state index in [-0.39, 0.29) is 11.0 Å². The van der Waals surface area contributed by atoms with Crippen molar-refractivity contribution >= 4 is 26.0 Å². The average molecular weight is 344 g/mol. The minimum Gasteiger partial charge on any atom is -0.392 e. The Bertz CT molecular complexity index is 548. The zero-order valence-electron chi connectivity index (χ0n) is 9.69. The van der Waals surface area contributed by atoms with E-state index >= 15 is 0 Å². The Kier molecular flexibility index (Phi) is 4.82. The first-order valence-electron chi connectivity index (χ1n) is 4.95. The van der Waals surface area contributed by atoms with Crippen molar-refractivity contribution in [3.63, 3.8) is 0 Å². The summed E-state index contributed by atoms with van der Waals surface area (Å²) in [6.45, 7) is 1.18. The van der Waals surface area contributed by atoms with Gasteiger partial charge in [-0.3, -0.25) is 0 Å². The maximum Gasteiger partial charge on any atom is 0.245 e. The lowest BCUT2D eigenvalue weighted by molar-refractivity contribution is 0.171. The quantitative estimate of drug-likeness (QED) is 0.847.